The van der Waals surface area contributed by atoms with E-state index in [1.807, 2.05) is 12.1 Å². The van der Waals surface area contributed by atoms with Crippen molar-refractivity contribution in [2.45, 2.75) is 5.75 Å². The standard InChI is InChI=1S/C11H13ClO3S/c12-9-5-8(7-16-4-1-13)6-10-11(9)15-3-2-14-10/h5-6,13H,1-4,7H2. The van der Waals surface area contributed by atoms with Gasteiger partial charge in [0.25, 0.3) is 0 Å². The maximum absolute atomic E-state index is 8.70. The zero-order valence-corrected chi connectivity index (χ0v) is 10.3. The molecule has 88 valence electrons. The second kappa shape index (κ2) is 5.66. The molecule has 3 nitrogen and oxygen atoms in total. The Bertz CT molecular complexity index is 370. The third-order valence-electron chi connectivity index (χ3n) is 2.16. The van der Waals surface area contributed by atoms with Crippen molar-refractivity contribution >= 4 is 23.4 Å². The van der Waals surface area contributed by atoms with Crippen LogP contribution in [0.25, 0.3) is 0 Å². The first-order chi connectivity index (χ1) is 7.81. The lowest BCUT2D eigenvalue weighted by Gasteiger charge is -2.20. The number of halogens is 1. The molecule has 2 rings (SSSR count). The summed E-state index contributed by atoms with van der Waals surface area (Å²) < 4.78 is 10.9. The monoisotopic (exact) mass is 260 g/mol. The Kier molecular flexibility index (Phi) is 4.21. The fourth-order valence-electron chi connectivity index (χ4n) is 1.50. The Morgan fingerprint density at radius 2 is 2.12 bits per heavy atom. The molecule has 1 N–H and O–H groups in total. The Morgan fingerprint density at radius 1 is 1.31 bits per heavy atom. The van der Waals surface area contributed by atoms with Crippen LogP contribution in [0.2, 0.25) is 5.02 Å². The molecule has 1 aliphatic heterocycles. The molecule has 5 heteroatoms. The summed E-state index contributed by atoms with van der Waals surface area (Å²) in [5.74, 6) is 2.91. The van der Waals surface area contributed by atoms with Crippen LogP contribution in [0, 0.1) is 0 Å². The molecule has 0 amide bonds. The van der Waals surface area contributed by atoms with Crippen LogP contribution < -0.4 is 9.47 Å². The maximum Gasteiger partial charge on any atom is 0.179 e. The lowest BCUT2D eigenvalue weighted by molar-refractivity contribution is 0.171. The fourth-order valence-corrected chi connectivity index (χ4v) is 2.47. The van der Waals surface area contributed by atoms with E-state index in [-0.39, 0.29) is 6.61 Å². The van der Waals surface area contributed by atoms with Crippen LogP contribution in [0.5, 0.6) is 11.5 Å². The van der Waals surface area contributed by atoms with Crippen molar-refractivity contribution in [2.24, 2.45) is 0 Å². The first-order valence-corrected chi connectivity index (χ1v) is 6.61. The molecule has 0 bridgehead atoms. The predicted molar refractivity (Wildman–Crippen MR) is 65.7 cm³/mol. The zero-order chi connectivity index (χ0) is 11.4. The second-order valence-corrected chi connectivity index (χ2v) is 4.89. The SMILES string of the molecule is OCCSCc1cc(Cl)c2c(c1)OCCO2. The van der Waals surface area contributed by atoms with Crippen molar-refractivity contribution in [3.05, 3.63) is 22.7 Å². The van der Waals surface area contributed by atoms with Gasteiger partial charge in [0.1, 0.15) is 13.2 Å². The molecule has 1 heterocycles. The van der Waals surface area contributed by atoms with Gasteiger partial charge in [0, 0.05) is 11.5 Å². The molecule has 0 atom stereocenters. The number of ether oxygens (including phenoxy) is 2. The zero-order valence-electron chi connectivity index (χ0n) is 8.74. The quantitative estimate of drug-likeness (QED) is 0.844. The average molecular weight is 261 g/mol. The van der Waals surface area contributed by atoms with Crippen molar-refractivity contribution in [1.29, 1.82) is 0 Å². The topological polar surface area (TPSA) is 38.7 Å². The number of hydrogen-bond donors (Lipinski definition) is 1. The van der Waals surface area contributed by atoms with Crippen LogP contribution in [0.1, 0.15) is 5.56 Å². The number of aliphatic hydroxyl groups excluding tert-OH is 1. The molecule has 0 aliphatic carbocycles. The molecule has 0 unspecified atom stereocenters. The van der Waals surface area contributed by atoms with Gasteiger partial charge >= 0.3 is 0 Å². The summed E-state index contributed by atoms with van der Waals surface area (Å²) in [6.45, 7) is 1.31. The Balaban J connectivity index is 2.12. The Labute approximate surface area is 104 Å². The van der Waals surface area contributed by atoms with Gasteiger partial charge in [-0.15, -0.1) is 0 Å². The predicted octanol–water partition coefficient (Wildman–Crippen LogP) is 2.34. The second-order valence-electron chi connectivity index (χ2n) is 3.38. The number of aliphatic hydroxyl groups is 1. The highest BCUT2D eigenvalue weighted by molar-refractivity contribution is 7.98. The molecule has 1 aliphatic rings. The molecule has 0 saturated carbocycles. The highest BCUT2D eigenvalue weighted by Gasteiger charge is 2.16. The number of fused-ring (bicyclic) bond motifs is 1. The van der Waals surface area contributed by atoms with Crippen LogP contribution in [0.4, 0.5) is 0 Å². The fraction of sp³-hybridized carbons (Fsp3) is 0.455. The third-order valence-corrected chi connectivity index (χ3v) is 3.45. The average Bonchev–Trinajstić information content (AvgIpc) is 2.30. The molecule has 0 saturated heterocycles. The van der Waals surface area contributed by atoms with Gasteiger partial charge in [0.2, 0.25) is 0 Å². The van der Waals surface area contributed by atoms with E-state index in [2.05, 4.69) is 0 Å². The molecule has 0 fully saturated rings. The highest BCUT2D eigenvalue weighted by Crippen LogP contribution is 2.38. The summed E-state index contributed by atoms with van der Waals surface area (Å²) in [6, 6.07) is 3.84. The molecule has 1 aromatic carbocycles. The first kappa shape index (κ1) is 11.9. The lowest BCUT2D eigenvalue weighted by Crippen LogP contribution is -2.15. The summed E-state index contributed by atoms with van der Waals surface area (Å²) in [6.07, 6.45) is 0. The molecular formula is C11H13ClO3S. The summed E-state index contributed by atoms with van der Waals surface area (Å²) >= 11 is 7.76. The van der Waals surface area contributed by atoms with Gasteiger partial charge < -0.3 is 14.6 Å². The molecule has 0 spiro atoms. The van der Waals surface area contributed by atoms with Crippen LogP contribution in [0.3, 0.4) is 0 Å². The number of benzene rings is 1. The summed E-state index contributed by atoms with van der Waals surface area (Å²) in [7, 11) is 0. The largest absolute Gasteiger partial charge is 0.486 e. The van der Waals surface area contributed by atoms with Crippen LogP contribution in [0.15, 0.2) is 12.1 Å². The van der Waals surface area contributed by atoms with Crippen molar-refractivity contribution in [1.82, 2.24) is 0 Å². The molecule has 1 aromatic rings. The van der Waals surface area contributed by atoms with Crippen molar-refractivity contribution in [3.63, 3.8) is 0 Å². The minimum absolute atomic E-state index is 0.197. The van der Waals surface area contributed by atoms with Crippen molar-refractivity contribution in [2.75, 3.05) is 25.6 Å². The van der Waals surface area contributed by atoms with E-state index in [1.54, 1.807) is 11.8 Å². The molecule has 0 aromatic heterocycles. The molecule has 16 heavy (non-hydrogen) atoms. The number of thioether (sulfide) groups is 1. The van der Waals surface area contributed by atoms with Gasteiger partial charge in [-0.1, -0.05) is 11.6 Å². The number of hydrogen-bond acceptors (Lipinski definition) is 4. The van der Waals surface area contributed by atoms with Crippen LogP contribution in [-0.2, 0) is 5.75 Å². The maximum atomic E-state index is 8.70. The van der Waals surface area contributed by atoms with E-state index in [0.29, 0.717) is 24.0 Å². The van der Waals surface area contributed by atoms with Crippen molar-refractivity contribution < 1.29 is 14.6 Å². The van der Waals surface area contributed by atoms with Gasteiger partial charge in [0.15, 0.2) is 11.5 Å². The third kappa shape index (κ3) is 2.75. The van der Waals surface area contributed by atoms with Crippen molar-refractivity contribution in [3.8, 4) is 11.5 Å². The molecular weight excluding hydrogens is 248 g/mol. The first-order valence-electron chi connectivity index (χ1n) is 5.08. The van der Waals surface area contributed by atoms with E-state index in [1.165, 1.54) is 0 Å². The summed E-state index contributed by atoms with van der Waals surface area (Å²) in [4.78, 5) is 0. The van der Waals surface area contributed by atoms with E-state index >= 15 is 0 Å². The van der Waals surface area contributed by atoms with Gasteiger partial charge in [-0.25, -0.2) is 0 Å². The summed E-state index contributed by atoms with van der Waals surface area (Å²) in [5.41, 5.74) is 1.09. The van der Waals surface area contributed by atoms with Gasteiger partial charge in [0.05, 0.1) is 11.6 Å². The van der Waals surface area contributed by atoms with E-state index < -0.39 is 0 Å². The normalized spacial score (nSPS) is 13.9. The smallest absolute Gasteiger partial charge is 0.179 e. The number of rotatable bonds is 4. The minimum Gasteiger partial charge on any atom is -0.486 e. The minimum atomic E-state index is 0.197. The Morgan fingerprint density at radius 3 is 2.94 bits per heavy atom. The summed E-state index contributed by atoms with van der Waals surface area (Å²) in [5, 5.41) is 9.29. The van der Waals surface area contributed by atoms with Gasteiger partial charge in [-0.05, 0) is 17.7 Å². The van der Waals surface area contributed by atoms with Crippen LogP contribution in [-0.4, -0.2) is 30.7 Å². The van der Waals surface area contributed by atoms with E-state index in [0.717, 1.165) is 22.8 Å². The Hall–Kier alpha value is -0.580. The van der Waals surface area contributed by atoms with Gasteiger partial charge in [-0.2, -0.15) is 11.8 Å². The van der Waals surface area contributed by atoms with E-state index in [9.17, 15) is 0 Å². The highest BCUT2D eigenvalue weighted by atomic mass is 35.5. The van der Waals surface area contributed by atoms with Gasteiger partial charge in [-0.3, -0.25) is 0 Å². The lowest BCUT2D eigenvalue weighted by atomic mass is 10.2. The van der Waals surface area contributed by atoms with Crippen LogP contribution >= 0.6 is 23.4 Å². The van der Waals surface area contributed by atoms with E-state index in [4.69, 9.17) is 26.2 Å². The molecule has 0 radical (unpaired) electrons.